The molecule has 3 aliphatic heterocycles. The summed E-state index contributed by atoms with van der Waals surface area (Å²) in [5.74, 6) is -0.0493. The highest BCUT2D eigenvalue weighted by Gasteiger charge is 2.49. The van der Waals surface area contributed by atoms with Crippen molar-refractivity contribution in [3.63, 3.8) is 0 Å². The van der Waals surface area contributed by atoms with Crippen LogP contribution in [0.4, 0.5) is 16.4 Å². The van der Waals surface area contributed by atoms with Gasteiger partial charge < -0.3 is 66.7 Å². The molecule has 4 aromatic heterocycles. The summed E-state index contributed by atoms with van der Waals surface area (Å²) in [6.45, 7) is 7.53. The number of fused-ring (bicyclic) bond motifs is 2. The van der Waals surface area contributed by atoms with Gasteiger partial charge >= 0.3 is 6.03 Å². The fraction of sp³-hybridized carbons (Fsp3) is 0.558. The molecule has 28 heteroatoms. The number of amides is 4. The fourth-order valence-corrected chi connectivity index (χ4v) is 9.40. The lowest BCUT2D eigenvalue weighted by Crippen LogP contribution is -2.42. The van der Waals surface area contributed by atoms with Crippen molar-refractivity contribution in [1.29, 1.82) is 0 Å². The molecule has 1 aromatic carbocycles. The number of likely N-dealkylation sites (N-methyl/N-ethyl adjacent to an activating group) is 2. The molecule has 0 radical (unpaired) electrons. The number of aromatic nitrogens is 8. The van der Waals surface area contributed by atoms with E-state index in [4.69, 9.17) is 9.47 Å². The first kappa shape index (κ1) is 52.6. The Morgan fingerprint density at radius 3 is 1.68 bits per heavy atom. The number of carbonyl (C=O) groups excluding carboxylic acids is 3. The summed E-state index contributed by atoms with van der Waals surface area (Å²) in [4.78, 5) is 65.3. The molecule has 0 unspecified atom stereocenters. The van der Waals surface area contributed by atoms with Crippen LogP contribution in [0.25, 0.3) is 22.3 Å². The molecule has 3 saturated heterocycles. The lowest BCUT2D eigenvalue weighted by atomic mass is 10.1. The number of rotatable bonds is 18. The second-order valence-electron chi connectivity index (χ2n) is 16.8. The van der Waals surface area contributed by atoms with Crippen LogP contribution in [-0.4, -0.2) is 181 Å². The van der Waals surface area contributed by atoms with E-state index in [0.717, 1.165) is 19.6 Å². The van der Waals surface area contributed by atoms with Crippen LogP contribution in [-0.2, 0) is 47.9 Å². The largest absolute Gasteiger partial charge is 0.387 e. The van der Waals surface area contributed by atoms with Gasteiger partial charge in [0.15, 0.2) is 64.5 Å². The summed E-state index contributed by atoms with van der Waals surface area (Å²) in [6.07, 6.45) is -4.00. The number of carbonyl (C=O) groups is 3. The second kappa shape index (κ2) is 23.8. The average Bonchev–Trinajstić information content (AvgIpc) is 4.14. The van der Waals surface area contributed by atoms with E-state index < -0.39 is 70.9 Å². The predicted octanol–water partition coefficient (Wildman–Crippen LogP) is -1.85. The molecule has 3 fully saturated rings. The van der Waals surface area contributed by atoms with Crippen molar-refractivity contribution in [3.05, 3.63) is 60.2 Å². The van der Waals surface area contributed by atoms with Gasteiger partial charge in [0.05, 0.1) is 31.5 Å². The van der Waals surface area contributed by atoms with Crippen LogP contribution >= 0.6 is 0 Å². The van der Waals surface area contributed by atoms with Crippen LogP contribution in [0.3, 0.4) is 0 Å². The molecule has 7 heterocycles. The monoisotopic (exact) mass is 1010 g/mol. The first-order valence-electron chi connectivity index (χ1n) is 23.3. The van der Waals surface area contributed by atoms with Crippen LogP contribution in [0.2, 0.25) is 0 Å². The van der Waals surface area contributed by atoms with Gasteiger partial charge in [-0.1, -0.05) is 36.8 Å². The number of likely N-dealkylation sites (tertiary alicyclic amines) is 1. The average molecular weight is 1010 g/mol. The molecule has 5 aromatic rings. The van der Waals surface area contributed by atoms with Crippen molar-refractivity contribution in [3.8, 4) is 0 Å². The predicted molar refractivity (Wildman–Crippen MR) is 255 cm³/mol. The lowest BCUT2D eigenvalue weighted by Gasteiger charge is -2.26. The maximum atomic E-state index is 12.5. The number of nitrogens with zero attached hydrogens (tertiary/aromatic N) is 9. The minimum atomic E-state index is -3.67. The second-order valence-corrected chi connectivity index (χ2v) is 18.7. The number of piperidine rings is 1. The number of ether oxygens (including phenoxy) is 2. The third kappa shape index (κ3) is 12.5. The molecule has 386 valence electrons. The zero-order valence-electron chi connectivity index (χ0n) is 39.7. The third-order valence-electron chi connectivity index (χ3n) is 11.9. The molecule has 27 nitrogen and oxygen atoms in total. The number of nitrogens with one attached hydrogen (secondary N) is 7. The van der Waals surface area contributed by atoms with Crippen LogP contribution in [0.15, 0.2) is 43.0 Å². The first-order chi connectivity index (χ1) is 34.2. The van der Waals surface area contributed by atoms with E-state index in [0.29, 0.717) is 59.3 Å². The lowest BCUT2D eigenvalue weighted by molar-refractivity contribution is -0.138. The van der Waals surface area contributed by atoms with Crippen LogP contribution in [0, 0.1) is 0 Å². The van der Waals surface area contributed by atoms with Gasteiger partial charge in [0.2, 0.25) is 10.0 Å². The number of hydrogen-bond donors (Lipinski definition) is 11. The molecule has 8 atom stereocenters. The van der Waals surface area contributed by atoms with Crippen LogP contribution in [0.5, 0.6) is 0 Å². The summed E-state index contributed by atoms with van der Waals surface area (Å²) in [6, 6.07) is 8.43. The number of anilines is 2. The van der Waals surface area contributed by atoms with Crippen LogP contribution in [0.1, 0.15) is 62.8 Å². The highest BCUT2D eigenvalue weighted by atomic mass is 32.2. The standard InChI is InChI=1S/C22H35N9O5.C21H27N7O6S/c1-3-24-20(34)17-15(32)16(33)21(36-17)31-12-27-14-18(23-2)28-13(29-19(14)31)11-26-22(35)25-7-10-30-8-5-4-6-9-30;1-3-23-20(31)17-15(29)16(30)21(34-17)28-11-24-14-18(22-2)26-13(27-19(14)28)9-25-35(32,33)10-12-7-5-4-6-8-12/h12,15-17,21,32-33H,3-11H2,1-2H3,(H,24,34)(H,23,28,29)(H2,25,26,35);4-8,11,15-17,21,25,29-30H,3,9-10H2,1-2H3,(H,23,31)(H,22,26,27)/t2*15-,16+,17-,21+/m00/s1. The van der Waals surface area contributed by atoms with Crippen molar-refractivity contribution >= 4 is 61.8 Å². The van der Waals surface area contributed by atoms with Crippen molar-refractivity contribution in [1.82, 2.24) is 69.9 Å². The zero-order chi connectivity index (χ0) is 50.8. The van der Waals surface area contributed by atoms with Gasteiger partial charge in [-0.15, -0.1) is 0 Å². The smallest absolute Gasteiger partial charge is 0.315 e. The van der Waals surface area contributed by atoms with E-state index in [2.05, 4.69) is 71.4 Å². The molecule has 0 spiro atoms. The number of urea groups is 1. The Hall–Kier alpha value is -6.24. The van der Waals surface area contributed by atoms with Crippen molar-refractivity contribution in [2.24, 2.45) is 0 Å². The van der Waals surface area contributed by atoms with Gasteiger partial charge in [0.1, 0.15) is 30.2 Å². The number of benzene rings is 1. The SMILES string of the molecule is CCNC(=O)[C@H]1O[C@@H](n2cnc3c(NC)nc(CNC(=O)NCCN4CCCCC4)nc32)[C@H](O)[C@@H]1O.CCNC(=O)[C@H]1O[C@@H](n2cnc3c(NC)nc(CNS(=O)(=O)Cc4ccccc4)nc32)[C@H](O)[C@@H]1O. The Kier molecular flexibility index (Phi) is 17.6. The van der Waals surface area contributed by atoms with Crippen molar-refractivity contribution < 1.29 is 52.7 Å². The number of imidazole rings is 2. The van der Waals surface area contributed by atoms with E-state index in [-0.39, 0.29) is 36.3 Å². The quantitative estimate of drug-likeness (QED) is 0.0459. The van der Waals surface area contributed by atoms with E-state index in [9.17, 15) is 43.2 Å². The summed E-state index contributed by atoms with van der Waals surface area (Å²) >= 11 is 0. The normalized spacial score (nSPS) is 23.5. The van der Waals surface area contributed by atoms with E-state index >= 15 is 0 Å². The Morgan fingerprint density at radius 1 is 0.676 bits per heavy atom. The number of aliphatic hydroxyl groups excluding tert-OH is 4. The molecule has 71 heavy (non-hydrogen) atoms. The van der Waals surface area contributed by atoms with Crippen LogP contribution < -0.4 is 36.6 Å². The topological polar surface area (TPSA) is 359 Å². The summed E-state index contributed by atoms with van der Waals surface area (Å²) in [5.41, 5.74) is 1.95. The summed E-state index contributed by atoms with van der Waals surface area (Å²) < 4.78 is 41.8. The highest BCUT2D eigenvalue weighted by molar-refractivity contribution is 7.88. The minimum absolute atomic E-state index is 0.0591. The van der Waals surface area contributed by atoms with E-state index in [1.807, 2.05) is 0 Å². The van der Waals surface area contributed by atoms with Gasteiger partial charge in [-0.05, 0) is 45.3 Å². The van der Waals surface area contributed by atoms with Crippen molar-refractivity contribution in [2.75, 3.05) is 64.0 Å². The molecule has 0 saturated carbocycles. The number of hydrogen-bond acceptors (Lipinski definition) is 20. The molecule has 11 N–H and O–H groups in total. The Balaban J connectivity index is 0.000000209. The van der Waals surface area contributed by atoms with Gasteiger partial charge in [-0.25, -0.2) is 47.8 Å². The molecule has 3 aliphatic rings. The Labute approximate surface area is 408 Å². The van der Waals surface area contributed by atoms with Gasteiger partial charge in [0.25, 0.3) is 11.8 Å². The third-order valence-corrected chi connectivity index (χ3v) is 13.2. The van der Waals surface area contributed by atoms with E-state index in [1.54, 1.807) is 58.3 Å². The maximum Gasteiger partial charge on any atom is 0.315 e. The molecule has 4 amide bonds. The Bertz CT molecular complexity index is 2720. The summed E-state index contributed by atoms with van der Waals surface area (Å²) in [7, 11) is -0.365. The molecule has 8 rings (SSSR count). The molecule has 0 aliphatic carbocycles. The van der Waals surface area contributed by atoms with Gasteiger partial charge in [0, 0.05) is 40.3 Å². The number of aliphatic hydroxyl groups is 4. The van der Waals surface area contributed by atoms with E-state index in [1.165, 1.54) is 41.1 Å². The zero-order valence-corrected chi connectivity index (χ0v) is 40.5. The summed E-state index contributed by atoms with van der Waals surface area (Å²) in [5, 5.41) is 58.5. The van der Waals surface area contributed by atoms with Gasteiger partial charge in [-0.2, -0.15) is 0 Å². The molecular formula is C43H62N16O11S. The first-order valence-corrected chi connectivity index (χ1v) is 25.0. The van der Waals surface area contributed by atoms with Gasteiger partial charge in [-0.3, -0.25) is 18.7 Å². The number of sulfonamides is 1. The highest BCUT2D eigenvalue weighted by Crippen LogP contribution is 2.34. The molecular weight excluding hydrogens is 949 g/mol. The molecule has 0 bridgehead atoms. The van der Waals surface area contributed by atoms with Crippen molar-refractivity contribution in [2.45, 2.75) is 101 Å². The Morgan fingerprint density at radius 2 is 1.18 bits per heavy atom. The minimum Gasteiger partial charge on any atom is -0.387 e. The maximum absolute atomic E-state index is 12.5. The fourth-order valence-electron chi connectivity index (χ4n) is 8.32.